The number of nitro groups is 1. The van der Waals surface area contributed by atoms with Crippen LogP contribution in [0.25, 0.3) is 28.0 Å². The monoisotopic (exact) mass is 467 g/mol. The van der Waals surface area contributed by atoms with Crippen LogP contribution in [0, 0.1) is 30.9 Å². The molecule has 0 unspecified atom stereocenters. The van der Waals surface area contributed by atoms with Gasteiger partial charge in [0.1, 0.15) is 16.8 Å². The lowest BCUT2D eigenvalue weighted by Gasteiger charge is -2.07. The minimum Gasteiger partial charge on any atom is -0.451 e. The molecule has 2 aromatic heterocycles. The van der Waals surface area contributed by atoms with E-state index in [1.54, 1.807) is 36.0 Å². The first-order chi connectivity index (χ1) is 16.8. The summed E-state index contributed by atoms with van der Waals surface area (Å²) in [6.45, 7) is 5.66. The molecule has 0 atom stereocenters. The second kappa shape index (κ2) is 8.53. The normalized spacial score (nSPS) is 11.1. The standard InChI is InChI=1S/C26H21N5O4/c1-15-4-6-18(7-5-15)30-28-22-13-17(3)21(14-23(22)29-30)27-26(32)25-11-10-24(35-25)20-9-8-19(31(33)34)12-16(20)2/h4-14H,1-3H3,(H,27,32). The molecule has 35 heavy (non-hydrogen) atoms. The van der Waals surface area contributed by atoms with Gasteiger partial charge in [0.25, 0.3) is 11.6 Å². The van der Waals surface area contributed by atoms with Crippen molar-refractivity contribution < 1.29 is 14.1 Å². The second-order valence-corrected chi connectivity index (χ2v) is 8.36. The van der Waals surface area contributed by atoms with Crippen molar-refractivity contribution >= 4 is 28.3 Å². The number of nitrogens with one attached hydrogen (secondary N) is 1. The summed E-state index contributed by atoms with van der Waals surface area (Å²) in [6.07, 6.45) is 0. The van der Waals surface area contributed by atoms with E-state index >= 15 is 0 Å². The molecule has 0 bridgehead atoms. The minimum atomic E-state index is -0.448. The number of fused-ring (bicyclic) bond motifs is 1. The molecule has 0 saturated heterocycles. The maximum absolute atomic E-state index is 12.9. The summed E-state index contributed by atoms with van der Waals surface area (Å²) in [5.74, 6) is 0.167. The van der Waals surface area contributed by atoms with E-state index in [9.17, 15) is 14.9 Å². The van der Waals surface area contributed by atoms with Crippen molar-refractivity contribution in [2.24, 2.45) is 0 Å². The Balaban J connectivity index is 1.39. The molecule has 0 aliphatic carbocycles. The van der Waals surface area contributed by atoms with Crippen LogP contribution in [-0.4, -0.2) is 25.8 Å². The SMILES string of the molecule is Cc1ccc(-n2nc3cc(C)c(NC(=O)c4ccc(-c5ccc([N+](=O)[O-])cc5C)o4)cc3n2)cc1. The molecule has 1 amide bonds. The van der Waals surface area contributed by atoms with Crippen LogP contribution in [0.15, 0.2) is 71.1 Å². The molecular formula is C26H21N5O4. The fourth-order valence-electron chi connectivity index (χ4n) is 3.82. The molecule has 0 aliphatic rings. The number of furan rings is 1. The van der Waals surface area contributed by atoms with Crippen LogP contribution in [0.4, 0.5) is 11.4 Å². The van der Waals surface area contributed by atoms with E-state index in [1.807, 2.05) is 44.2 Å². The van der Waals surface area contributed by atoms with Crippen molar-refractivity contribution in [1.29, 1.82) is 0 Å². The summed E-state index contributed by atoms with van der Waals surface area (Å²) in [5, 5.41) is 23.0. The van der Waals surface area contributed by atoms with Crippen LogP contribution in [0.5, 0.6) is 0 Å². The van der Waals surface area contributed by atoms with Crippen LogP contribution in [0.2, 0.25) is 0 Å². The van der Waals surface area contributed by atoms with Crippen molar-refractivity contribution in [3.63, 3.8) is 0 Å². The quantitative estimate of drug-likeness (QED) is 0.259. The molecule has 3 aromatic carbocycles. The predicted octanol–water partition coefficient (Wildman–Crippen LogP) is 5.77. The summed E-state index contributed by atoms with van der Waals surface area (Å²) in [7, 11) is 0. The number of carbonyl (C=O) groups excluding carboxylic acids is 1. The van der Waals surface area contributed by atoms with E-state index in [-0.39, 0.29) is 11.4 Å². The molecule has 0 aliphatic heterocycles. The van der Waals surface area contributed by atoms with Crippen LogP contribution >= 0.6 is 0 Å². The Kier molecular flexibility index (Phi) is 5.37. The number of benzene rings is 3. The molecule has 1 N–H and O–H groups in total. The Hall–Kier alpha value is -4.79. The first kappa shape index (κ1) is 22.0. The van der Waals surface area contributed by atoms with E-state index in [0.717, 1.165) is 22.3 Å². The first-order valence-electron chi connectivity index (χ1n) is 10.9. The molecule has 9 heteroatoms. The van der Waals surface area contributed by atoms with Gasteiger partial charge in [-0.2, -0.15) is 4.80 Å². The average Bonchev–Trinajstić information content (AvgIpc) is 3.47. The third-order valence-corrected chi connectivity index (χ3v) is 5.76. The molecule has 0 fully saturated rings. The number of amides is 1. The van der Waals surface area contributed by atoms with Gasteiger partial charge in [0.15, 0.2) is 5.76 Å². The summed E-state index contributed by atoms with van der Waals surface area (Å²) < 4.78 is 5.77. The molecule has 0 spiro atoms. The number of rotatable bonds is 5. The van der Waals surface area contributed by atoms with Crippen LogP contribution in [-0.2, 0) is 0 Å². The highest BCUT2D eigenvalue weighted by Crippen LogP contribution is 2.29. The smallest absolute Gasteiger partial charge is 0.291 e. The molecule has 5 aromatic rings. The number of aromatic nitrogens is 3. The maximum atomic E-state index is 12.9. The highest BCUT2D eigenvalue weighted by Gasteiger charge is 2.17. The topological polar surface area (TPSA) is 116 Å². The average molecular weight is 467 g/mol. The van der Waals surface area contributed by atoms with Gasteiger partial charge >= 0.3 is 0 Å². The Morgan fingerprint density at radius 1 is 0.914 bits per heavy atom. The molecule has 0 radical (unpaired) electrons. The second-order valence-electron chi connectivity index (χ2n) is 8.36. The number of nitrogens with zero attached hydrogens (tertiary/aromatic N) is 4. The number of hydrogen-bond donors (Lipinski definition) is 1. The fraction of sp³-hybridized carbons (Fsp3) is 0.115. The van der Waals surface area contributed by atoms with Gasteiger partial charge in [-0.05, 0) is 74.4 Å². The van der Waals surface area contributed by atoms with Gasteiger partial charge in [0.05, 0.1) is 10.6 Å². The van der Waals surface area contributed by atoms with Crippen molar-refractivity contribution in [3.05, 3.63) is 99.3 Å². The Morgan fingerprint density at radius 2 is 1.63 bits per heavy atom. The summed E-state index contributed by atoms with van der Waals surface area (Å²) in [5.41, 5.74) is 6.15. The van der Waals surface area contributed by atoms with Gasteiger partial charge in [-0.3, -0.25) is 14.9 Å². The highest BCUT2D eigenvalue weighted by molar-refractivity contribution is 6.04. The van der Waals surface area contributed by atoms with Gasteiger partial charge in [-0.1, -0.05) is 17.7 Å². The first-order valence-corrected chi connectivity index (χ1v) is 10.9. The number of hydrogen-bond acceptors (Lipinski definition) is 6. The van der Waals surface area contributed by atoms with Gasteiger partial charge in [0, 0.05) is 23.4 Å². The number of anilines is 1. The largest absolute Gasteiger partial charge is 0.451 e. The van der Waals surface area contributed by atoms with Crippen molar-refractivity contribution in [1.82, 2.24) is 15.0 Å². The Labute approximate surface area is 200 Å². The van der Waals surface area contributed by atoms with Gasteiger partial charge in [-0.15, -0.1) is 10.2 Å². The molecule has 0 saturated carbocycles. The summed E-state index contributed by atoms with van der Waals surface area (Å²) in [6, 6.07) is 19.3. The summed E-state index contributed by atoms with van der Waals surface area (Å²) in [4.78, 5) is 25.0. The van der Waals surface area contributed by atoms with E-state index in [1.165, 1.54) is 12.1 Å². The van der Waals surface area contributed by atoms with Gasteiger partial charge < -0.3 is 9.73 Å². The van der Waals surface area contributed by atoms with Crippen molar-refractivity contribution in [3.8, 4) is 17.0 Å². The van der Waals surface area contributed by atoms with Crippen LogP contribution in [0.1, 0.15) is 27.2 Å². The predicted molar refractivity (Wildman–Crippen MR) is 132 cm³/mol. The molecule has 2 heterocycles. The van der Waals surface area contributed by atoms with Crippen molar-refractivity contribution in [2.75, 3.05) is 5.32 Å². The number of nitro benzene ring substituents is 1. The Bertz CT molecular complexity index is 1600. The van der Waals surface area contributed by atoms with Crippen molar-refractivity contribution in [2.45, 2.75) is 20.8 Å². The van der Waals surface area contributed by atoms with Gasteiger partial charge in [0.2, 0.25) is 0 Å². The zero-order valence-electron chi connectivity index (χ0n) is 19.3. The molecule has 174 valence electrons. The number of non-ortho nitro benzene ring substituents is 1. The van der Waals surface area contributed by atoms with Crippen LogP contribution < -0.4 is 5.32 Å². The lowest BCUT2D eigenvalue weighted by molar-refractivity contribution is -0.384. The highest BCUT2D eigenvalue weighted by atomic mass is 16.6. The lowest BCUT2D eigenvalue weighted by atomic mass is 10.1. The van der Waals surface area contributed by atoms with E-state index < -0.39 is 10.8 Å². The molecule has 5 rings (SSSR count). The minimum absolute atomic E-state index is 0.000880. The van der Waals surface area contributed by atoms with Crippen LogP contribution in [0.3, 0.4) is 0 Å². The third-order valence-electron chi connectivity index (χ3n) is 5.76. The molecule has 9 nitrogen and oxygen atoms in total. The Morgan fingerprint density at radius 3 is 2.31 bits per heavy atom. The third kappa shape index (κ3) is 4.26. The van der Waals surface area contributed by atoms with E-state index in [0.29, 0.717) is 28.1 Å². The maximum Gasteiger partial charge on any atom is 0.291 e. The summed E-state index contributed by atoms with van der Waals surface area (Å²) >= 11 is 0. The lowest BCUT2D eigenvalue weighted by Crippen LogP contribution is -2.11. The molecular weight excluding hydrogens is 446 g/mol. The zero-order chi connectivity index (χ0) is 24.7. The van der Waals surface area contributed by atoms with E-state index in [4.69, 9.17) is 4.42 Å². The zero-order valence-corrected chi connectivity index (χ0v) is 19.3. The number of carbonyl (C=O) groups is 1. The fourth-order valence-corrected chi connectivity index (χ4v) is 3.82. The number of aryl methyl sites for hydroxylation is 3. The van der Waals surface area contributed by atoms with Gasteiger partial charge in [-0.25, -0.2) is 0 Å². The van der Waals surface area contributed by atoms with E-state index in [2.05, 4.69) is 15.5 Å².